The second-order valence-corrected chi connectivity index (χ2v) is 8.67. The highest BCUT2D eigenvalue weighted by Crippen LogP contribution is 2.40. The van der Waals surface area contributed by atoms with E-state index in [4.69, 9.17) is 16.2 Å². The average Bonchev–Trinajstić information content (AvgIpc) is 3.06. The summed E-state index contributed by atoms with van der Waals surface area (Å²) in [5.41, 5.74) is 12.8. The molecule has 0 aliphatic heterocycles. The second-order valence-electron chi connectivity index (χ2n) is 6.61. The van der Waals surface area contributed by atoms with Crippen LogP contribution >= 0.6 is 23.5 Å². The van der Waals surface area contributed by atoms with Crippen LogP contribution in [0.2, 0.25) is 0 Å². The summed E-state index contributed by atoms with van der Waals surface area (Å²) in [5.74, 6) is 0.966. The van der Waals surface area contributed by atoms with Crippen molar-refractivity contribution in [1.82, 2.24) is 10.3 Å². The molecule has 0 bridgehead atoms. The fourth-order valence-electron chi connectivity index (χ4n) is 2.88. The summed E-state index contributed by atoms with van der Waals surface area (Å²) in [4.78, 5) is 28.4. The number of carbonyl (C=O) groups is 2. The first kappa shape index (κ1) is 22.1. The molecule has 0 saturated carbocycles. The van der Waals surface area contributed by atoms with Gasteiger partial charge in [-0.05, 0) is 42.2 Å². The van der Waals surface area contributed by atoms with Gasteiger partial charge in [-0.2, -0.15) is 11.8 Å². The fourth-order valence-corrected chi connectivity index (χ4v) is 4.37. The molecule has 3 rings (SSSR count). The van der Waals surface area contributed by atoms with Gasteiger partial charge < -0.3 is 26.5 Å². The first-order valence-corrected chi connectivity index (χ1v) is 11.6. The number of hydrogen-bond donors (Lipinski definition) is 4. The quantitative estimate of drug-likeness (QED) is 0.401. The van der Waals surface area contributed by atoms with E-state index in [1.165, 1.54) is 11.8 Å². The molecule has 0 radical (unpaired) electrons. The largest absolute Gasteiger partial charge is 0.411 e. The molecular formula is C21H24N4O3S2. The van der Waals surface area contributed by atoms with Crippen molar-refractivity contribution in [2.45, 2.75) is 28.8 Å². The molecule has 1 heterocycles. The van der Waals surface area contributed by atoms with Crippen molar-refractivity contribution in [3.8, 4) is 5.88 Å². The molecule has 1 unspecified atom stereocenters. The molecule has 0 aliphatic carbocycles. The number of benzene rings is 2. The van der Waals surface area contributed by atoms with Gasteiger partial charge in [0.25, 0.3) is 0 Å². The third-order valence-electron chi connectivity index (χ3n) is 4.39. The molecule has 1 atom stereocenters. The average molecular weight is 445 g/mol. The van der Waals surface area contributed by atoms with E-state index in [1.807, 2.05) is 54.8 Å². The maximum absolute atomic E-state index is 12.1. The molecule has 1 aromatic heterocycles. The Morgan fingerprint density at radius 2 is 1.97 bits per heavy atom. The Kier molecular flexibility index (Phi) is 7.67. The van der Waals surface area contributed by atoms with Crippen LogP contribution in [0, 0.1) is 0 Å². The monoisotopic (exact) mass is 444 g/mol. The summed E-state index contributed by atoms with van der Waals surface area (Å²) in [6.07, 6.45) is 1.73. The smallest absolute Gasteiger partial charge is 0.392 e. The number of aromatic amines is 1. The number of amides is 2. The first-order chi connectivity index (χ1) is 14.5. The van der Waals surface area contributed by atoms with Crippen molar-refractivity contribution in [1.29, 1.82) is 0 Å². The molecule has 0 spiro atoms. The van der Waals surface area contributed by atoms with E-state index in [0.717, 1.165) is 32.0 Å². The highest BCUT2D eigenvalue weighted by molar-refractivity contribution is 7.99. The van der Waals surface area contributed by atoms with Crippen molar-refractivity contribution in [2.75, 3.05) is 12.0 Å². The summed E-state index contributed by atoms with van der Waals surface area (Å²) in [7, 11) is 0. The molecule has 3 aromatic rings. The van der Waals surface area contributed by atoms with Crippen molar-refractivity contribution in [3.63, 3.8) is 0 Å². The maximum Gasteiger partial charge on any atom is 0.411 e. The van der Waals surface area contributed by atoms with E-state index >= 15 is 0 Å². The van der Waals surface area contributed by atoms with Gasteiger partial charge >= 0.3 is 6.09 Å². The predicted molar refractivity (Wildman–Crippen MR) is 122 cm³/mol. The first-order valence-electron chi connectivity index (χ1n) is 9.35. The molecular weight excluding hydrogens is 420 g/mol. The third-order valence-corrected chi connectivity index (χ3v) is 6.15. The summed E-state index contributed by atoms with van der Waals surface area (Å²) in [6.45, 7) is 0.355. The number of carbonyl (C=O) groups excluding carboxylic acids is 2. The Balaban J connectivity index is 1.80. The highest BCUT2D eigenvalue weighted by atomic mass is 32.2. The molecule has 0 saturated heterocycles. The van der Waals surface area contributed by atoms with Crippen LogP contribution in [-0.4, -0.2) is 35.0 Å². The lowest BCUT2D eigenvalue weighted by Crippen LogP contribution is -2.40. The molecule has 30 heavy (non-hydrogen) atoms. The zero-order valence-corrected chi connectivity index (χ0v) is 18.1. The number of aromatic nitrogens is 1. The van der Waals surface area contributed by atoms with Crippen LogP contribution in [-0.2, 0) is 11.3 Å². The lowest BCUT2D eigenvalue weighted by Gasteiger charge is -2.11. The van der Waals surface area contributed by atoms with Crippen molar-refractivity contribution in [3.05, 3.63) is 54.1 Å². The van der Waals surface area contributed by atoms with Crippen LogP contribution in [0.25, 0.3) is 10.9 Å². The predicted octanol–water partition coefficient (Wildman–Crippen LogP) is 3.47. The van der Waals surface area contributed by atoms with Gasteiger partial charge in [0.05, 0.1) is 10.9 Å². The Bertz CT molecular complexity index is 1020. The second kappa shape index (κ2) is 10.4. The Hall–Kier alpha value is -2.62. The summed E-state index contributed by atoms with van der Waals surface area (Å²) < 4.78 is 5.18. The molecule has 6 N–H and O–H groups in total. The van der Waals surface area contributed by atoms with E-state index < -0.39 is 12.1 Å². The topological polar surface area (TPSA) is 123 Å². The Labute approximate surface area is 183 Å². The standard InChI is InChI=1S/C21H24N4O3S2/c1-29-10-9-16(22)19(26)24-12-13-7-8-15-17(11-13)25-20(28-21(23)27)18(15)30-14-5-3-2-4-6-14/h2-8,11,16,25H,9-10,12,22H2,1H3,(H2,23,27)(H,24,26). The zero-order valence-electron chi connectivity index (χ0n) is 16.5. The zero-order chi connectivity index (χ0) is 21.5. The van der Waals surface area contributed by atoms with Gasteiger partial charge in [0.1, 0.15) is 0 Å². The normalized spacial score (nSPS) is 11.9. The number of H-pyrrole nitrogens is 1. The molecule has 0 aliphatic rings. The lowest BCUT2D eigenvalue weighted by molar-refractivity contribution is -0.122. The van der Waals surface area contributed by atoms with Crippen LogP contribution in [0.1, 0.15) is 12.0 Å². The Morgan fingerprint density at radius 1 is 1.20 bits per heavy atom. The van der Waals surface area contributed by atoms with Crippen LogP contribution in [0.5, 0.6) is 5.88 Å². The van der Waals surface area contributed by atoms with E-state index in [0.29, 0.717) is 18.8 Å². The van der Waals surface area contributed by atoms with Crippen molar-refractivity contribution in [2.24, 2.45) is 11.5 Å². The van der Waals surface area contributed by atoms with Crippen LogP contribution in [0.4, 0.5) is 4.79 Å². The highest BCUT2D eigenvalue weighted by Gasteiger charge is 2.17. The number of primary amides is 1. The van der Waals surface area contributed by atoms with Gasteiger partial charge in [0.15, 0.2) is 0 Å². The molecule has 2 aromatic carbocycles. The minimum absolute atomic E-state index is 0.172. The van der Waals surface area contributed by atoms with Gasteiger partial charge in [0, 0.05) is 22.3 Å². The number of fused-ring (bicyclic) bond motifs is 1. The number of nitrogens with two attached hydrogens (primary N) is 2. The van der Waals surface area contributed by atoms with Gasteiger partial charge in [-0.3, -0.25) is 4.79 Å². The van der Waals surface area contributed by atoms with Crippen LogP contribution in [0.15, 0.2) is 58.3 Å². The fraction of sp³-hybridized carbons (Fsp3) is 0.238. The minimum atomic E-state index is -0.886. The summed E-state index contributed by atoms with van der Waals surface area (Å²) >= 11 is 3.14. The van der Waals surface area contributed by atoms with Gasteiger partial charge in [0.2, 0.25) is 11.8 Å². The number of hydrogen-bond acceptors (Lipinski definition) is 6. The van der Waals surface area contributed by atoms with Crippen molar-refractivity contribution >= 4 is 46.4 Å². The SMILES string of the molecule is CSCCC(N)C(=O)NCc1ccc2c(Sc3ccccc3)c(OC(N)=O)[nH]c2c1. The van der Waals surface area contributed by atoms with Gasteiger partial charge in [-0.1, -0.05) is 42.1 Å². The van der Waals surface area contributed by atoms with E-state index in [2.05, 4.69) is 10.3 Å². The molecule has 7 nitrogen and oxygen atoms in total. The molecule has 9 heteroatoms. The molecule has 0 fully saturated rings. The summed E-state index contributed by atoms with van der Waals surface area (Å²) in [5, 5.41) is 3.76. The van der Waals surface area contributed by atoms with Crippen molar-refractivity contribution < 1.29 is 14.3 Å². The number of ether oxygens (including phenoxy) is 1. The van der Waals surface area contributed by atoms with Gasteiger partial charge in [-0.15, -0.1) is 0 Å². The van der Waals surface area contributed by atoms with E-state index in [9.17, 15) is 9.59 Å². The van der Waals surface area contributed by atoms with E-state index in [1.54, 1.807) is 11.8 Å². The van der Waals surface area contributed by atoms with Gasteiger partial charge in [-0.25, -0.2) is 4.79 Å². The minimum Gasteiger partial charge on any atom is -0.392 e. The lowest BCUT2D eigenvalue weighted by atomic mass is 10.1. The van der Waals surface area contributed by atoms with Crippen LogP contribution < -0.4 is 21.5 Å². The number of thioether (sulfide) groups is 1. The number of rotatable bonds is 9. The molecule has 158 valence electrons. The maximum atomic E-state index is 12.1. The summed E-state index contributed by atoms with van der Waals surface area (Å²) in [6, 6.07) is 15.0. The number of nitrogens with one attached hydrogen (secondary N) is 2. The van der Waals surface area contributed by atoms with Crippen LogP contribution in [0.3, 0.4) is 0 Å². The molecule has 2 amide bonds. The third kappa shape index (κ3) is 5.71. The Morgan fingerprint density at radius 3 is 2.67 bits per heavy atom. The van der Waals surface area contributed by atoms with E-state index in [-0.39, 0.29) is 5.91 Å².